The summed E-state index contributed by atoms with van der Waals surface area (Å²) in [5.74, 6) is 1.85. The Labute approximate surface area is 311 Å². The van der Waals surface area contributed by atoms with Crippen molar-refractivity contribution in [3.05, 3.63) is 158 Å². The quantitative estimate of drug-likeness (QED) is 0.178. The van der Waals surface area contributed by atoms with Crippen molar-refractivity contribution in [3.8, 4) is 55.9 Å². The summed E-state index contributed by atoms with van der Waals surface area (Å²) in [4.78, 5) is 20.3. The van der Waals surface area contributed by atoms with E-state index in [0.29, 0.717) is 17.5 Å². The molecule has 0 saturated heterocycles. The number of rotatable bonds is 5. The topological polar surface area (TPSA) is 64.7 Å². The van der Waals surface area contributed by atoms with Gasteiger partial charge in [0.05, 0.1) is 10.2 Å². The van der Waals surface area contributed by atoms with Gasteiger partial charge in [0.15, 0.2) is 17.5 Å². The Morgan fingerprint density at radius 3 is 2.00 bits per heavy atom. The average molecular weight is 715 g/mol. The number of furan rings is 1. The van der Waals surface area contributed by atoms with E-state index in [1.165, 1.54) is 25.0 Å². The van der Waals surface area contributed by atoms with Crippen molar-refractivity contribution < 1.29 is 4.42 Å². The molecule has 0 radical (unpaired) electrons. The molecule has 0 bridgehead atoms. The van der Waals surface area contributed by atoms with Gasteiger partial charge in [0, 0.05) is 53.2 Å². The van der Waals surface area contributed by atoms with Crippen molar-refractivity contribution in [2.75, 3.05) is 0 Å². The molecule has 0 fully saturated rings. The van der Waals surface area contributed by atoms with E-state index >= 15 is 0 Å². The Balaban J connectivity index is 1.08. The zero-order chi connectivity index (χ0) is 34.9. The van der Waals surface area contributed by atoms with Crippen LogP contribution in [0.15, 0.2) is 162 Å². The zero-order valence-electron chi connectivity index (χ0n) is 28.0. The summed E-state index contributed by atoms with van der Waals surface area (Å²) in [7, 11) is 0. The molecular weight excluding hydrogens is 689 g/mol. The van der Waals surface area contributed by atoms with E-state index in [-0.39, 0.29) is 0 Å². The van der Waals surface area contributed by atoms with Gasteiger partial charge in [-0.15, -0.1) is 22.7 Å². The van der Waals surface area contributed by atoms with Crippen LogP contribution in [0.2, 0.25) is 0 Å². The maximum Gasteiger partial charge on any atom is 0.164 e. The molecule has 0 aliphatic heterocycles. The number of hydrogen-bond acceptors (Lipinski definition) is 7. The van der Waals surface area contributed by atoms with Gasteiger partial charge in [-0.05, 0) is 53.6 Å². The Morgan fingerprint density at radius 2 is 1.08 bits per heavy atom. The van der Waals surface area contributed by atoms with Crippen molar-refractivity contribution in [1.82, 2.24) is 19.9 Å². The molecule has 4 aromatic heterocycles. The van der Waals surface area contributed by atoms with Gasteiger partial charge in [-0.25, -0.2) is 19.9 Å². The molecule has 4 heterocycles. The second-order valence-corrected chi connectivity index (χ2v) is 15.1. The second kappa shape index (κ2) is 12.0. The molecule has 0 spiro atoms. The molecule has 11 aromatic rings. The van der Waals surface area contributed by atoms with Crippen molar-refractivity contribution in [2.45, 2.75) is 0 Å². The van der Waals surface area contributed by atoms with E-state index in [4.69, 9.17) is 24.4 Å². The number of aromatic nitrogens is 4. The van der Waals surface area contributed by atoms with E-state index in [1.807, 2.05) is 60.7 Å². The van der Waals surface area contributed by atoms with Gasteiger partial charge in [-0.2, -0.15) is 0 Å². The number of hydrogen-bond donors (Lipinski definition) is 0. The summed E-state index contributed by atoms with van der Waals surface area (Å²) in [6, 6.07) is 54.5. The number of thiophene rings is 1. The molecule has 11 rings (SSSR count). The minimum absolute atomic E-state index is 0.597. The van der Waals surface area contributed by atoms with Gasteiger partial charge in [-0.3, -0.25) is 0 Å². The van der Waals surface area contributed by atoms with Gasteiger partial charge in [0.2, 0.25) is 0 Å². The smallest absolute Gasteiger partial charge is 0.164 e. The standard InChI is InChI=1S/C46H26N4OS2/c1-2-11-27(12-3-1)43-48-44(29-23-24-33-32-15-4-6-20-37(32)51-38(33)26-29)50-45(49-43)35-18-10-22-40-41(35)34-17-9-16-31(42(34)52-40)28-13-8-14-30(25-28)46-47-36-19-5-7-21-39(36)53-46/h1-26H. The first-order chi connectivity index (χ1) is 26.2. The fraction of sp³-hybridized carbons (Fsp3) is 0. The summed E-state index contributed by atoms with van der Waals surface area (Å²) in [6.45, 7) is 0. The first-order valence-corrected chi connectivity index (χ1v) is 19.0. The van der Waals surface area contributed by atoms with Crippen LogP contribution in [0.1, 0.15) is 0 Å². The lowest BCUT2D eigenvalue weighted by Gasteiger charge is -2.10. The summed E-state index contributed by atoms with van der Waals surface area (Å²) in [6.07, 6.45) is 0. The van der Waals surface area contributed by atoms with E-state index in [9.17, 15) is 0 Å². The number of fused-ring (bicyclic) bond motifs is 7. The highest BCUT2D eigenvalue weighted by atomic mass is 32.1. The number of thiazole rings is 1. The van der Waals surface area contributed by atoms with Crippen molar-refractivity contribution in [2.24, 2.45) is 0 Å². The molecule has 0 amide bonds. The fourth-order valence-corrected chi connectivity index (χ4v) is 9.51. The van der Waals surface area contributed by atoms with Crippen LogP contribution in [0.3, 0.4) is 0 Å². The summed E-state index contributed by atoms with van der Waals surface area (Å²) >= 11 is 3.53. The van der Waals surface area contributed by atoms with Crippen molar-refractivity contribution in [1.29, 1.82) is 0 Å². The highest BCUT2D eigenvalue weighted by Crippen LogP contribution is 2.44. The summed E-state index contributed by atoms with van der Waals surface area (Å²) < 4.78 is 9.86. The Hall–Kier alpha value is -6.54. The normalized spacial score (nSPS) is 11.8. The first kappa shape index (κ1) is 30.1. The molecule has 0 atom stereocenters. The predicted molar refractivity (Wildman–Crippen MR) is 220 cm³/mol. The number of para-hydroxylation sites is 2. The van der Waals surface area contributed by atoms with Crippen LogP contribution in [0, 0.1) is 0 Å². The third kappa shape index (κ3) is 5.04. The van der Waals surface area contributed by atoms with Crippen LogP contribution < -0.4 is 0 Å². The Kier molecular flexibility index (Phi) is 6.83. The van der Waals surface area contributed by atoms with E-state index < -0.39 is 0 Å². The minimum atomic E-state index is 0.597. The molecule has 5 nitrogen and oxygen atoms in total. The molecule has 0 aliphatic carbocycles. The lowest BCUT2D eigenvalue weighted by molar-refractivity contribution is 0.669. The van der Waals surface area contributed by atoms with E-state index in [2.05, 4.69) is 97.1 Å². The van der Waals surface area contributed by atoms with Crippen molar-refractivity contribution in [3.63, 3.8) is 0 Å². The third-order valence-corrected chi connectivity index (χ3v) is 12.1. The molecule has 0 aliphatic rings. The molecule has 0 saturated carbocycles. The predicted octanol–water partition coefficient (Wildman–Crippen LogP) is 13.1. The third-order valence-electron chi connectivity index (χ3n) is 9.78. The molecule has 53 heavy (non-hydrogen) atoms. The molecule has 7 aromatic carbocycles. The van der Waals surface area contributed by atoms with Crippen LogP contribution in [0.4, 0.5) is 0 Å². The molecular formula is C46H26N4OS2. The van der Waals surface area contributed by atoms with Crippen LogP contribution in [-0.2, 0) is 0 Å². The fourth-order valence-electron chi connectivity index (χ4n) is 7.28. The molecule has 7 heteroatoms. The Morgan fingerprint density at radius 1 is 0.396 bits per heavy atom. The monoisotopic (exact) mass is 714 g/mol. The van der Waals surface area contributed by atoms with Crippen LogP contribution in [0.5, 0.6) is 0 Å². The summed E-state index contributed by atoms with van der Waals surface area (Å²) in [5, 5.41) is 5.50. The highest BCUT2D eigenvalue weighted by Gasteiger charge is 2.19. The minimum Gasteiger partial charge on any atom is -0.456 e. The zero-order valence-corrected chi connectivity index (χ0v) is 29.7. The Bertz CT molecular complexity index is 3160. The van der Waals surface area contributed by atoms with Gasteiger partial charge in [0.1, 0.15) is 16.2 Å². The largest absolute Gasteiger partial charge is 0.456 e. The summed E-state index contributed by atoms with van der Waals surface area (Å²) in [5.41, 5.74) is 8.94. The lowest BCUT2D eigenvalue weighted by Crippen LogP contribution is -2.00. The van der Waals surface area contributed by atoms with E-state index in [0.717, 1.165) is 65.7 Å². The lowest BCUT2D eigenvalue weighted by atomic mass is 9.99. The maximum atomic E-state index is 6.26. The molecule has 248 valence electrons. The number of benzene rings is 7. The highest BCUT2D eigenvalue weighted by molar-refractivity contribution is 7.26. The maximum absolute atomic E-state index is 6.26. The van der Waals surface area contributed by atoms with Gasteiger partial charge >= 0.3 is 0 Å². The second-order valence-electron chi connectivity index (χ2n) is 13.0. The molecule has 0 N–H and O–H groups in total. The van der Waals surface area contributed by atoms with E-state index in [1.54, 1.807) is 22.7 Å². The van der Waals surface area contributed by atoms with Gasteiger partial charge in [-0.1, -0.05) is 115 Å². The van der Waals surface area contributed by atoms with Gasteiger partial charge in [0.25, 0.3) is 0 Å². The van der Waals surface area contributed by atoms with Crippen molar-refractivity contribution >= 4 is 75.0 Å². The van der Waals surface area contributed by atoms with Crippen LogP contribution in [0.25, 0.3) is 108 Å². The number of nitrogens with zero attached hydrogens (tertiary/aromatic N) is 4. The van der Waals surface area contributed by atoms with Crippen LogP contribution in [-0.4, -0.2) is 19.9 Å². The van der Waals surface area contributed by atoms with Gasteiger partial charge < -0.3 is 4.42 Å². The SMILES string of the molecule is c1ccc(-c2nc(-c3ccc4c(c3)oc3ccccc34)nc(-c3cccc4sc5c(-c6cccc(-c7nc8ccccc8s7)c6)cccc5c34)n2)cc1. The first-order valence-electron chi connectivity index (χ1n) is 17.4. The average Bonchev–Trinajstić information content (AvgIpc) is 3.94. The van der Waals surface area contributed by atoms with Crippen LogP contribution >= 0.6 is 22.7 Å². The molecule has 0 unspecified atom stereocenters.